The van der Waals surface area contributed by atoms with Crippen molar-refractivity contribution in [2.24, 2.45) is 5.41 Å². The fourth-order valence-corrected chi connectivity index (χ4v) is 3.77. The number of benzene rings is 1. The van der Waals surface area contributed by atoms with Crippen LogP contribution >= 0.6 is 0 Å². The minimum absolute atomic E-state index is 0.0609. The van der Waals surface area contributed by atoms with Gasteiger partial charge in [0.2, 0.25) is 0 Å². The Morgan fingerprint density at radius 2 is 2.29 bits per heavy atom. The molecule has 4 heteroatoms. The van der Waals surface area contributed by atoms with Gasteiger partial charge in [0.05, 0.1) is 25.8 Å². The van der Waals surface area contributed by atoms with E-state index >= 15 is 0 Å². The van der Waals surface area contributed by atoms with Crippen LogP contribution in [-0.4, -0.2) is 31.3 Å². The van der Waals surface area contributed by atoms with Gasteiger partial charge in [-0.2, -0.15) is 0 Å². The first-order valence-electron chi connectivity index (χ1n) is 7.29. The molecule has 1 aliphatic heterocycles. The first-order valence-corrected chi connectivity index (χ1v) is 7.29. The van der Waals surface area contributed by atoms with Crippen molar-refractivity contribution in [3.63, 3.8) is 0 Å². The number of ether oxygens (including phenoxy) is 2. The van der Waals surface area contributed by atoms with Gasteiger partial charge >= 0.3 is 5.97 Å². The number of nitrogens with zero attached hydrogens (tertiary/aromatic N) is 1. The minimum atomic E-state index is -0.522. The summed E-state index contributed by atoms with van der Waals surface area (Å²) < 4.78 is 10.7. The van der Waals surface area contributed by atoms with Crippen LogP contribution in [0.4, 0.5) is 0 Å². The smallest absolute Gasteiger partial charge is 0.314 e. The third-order valence-electron chi connectivity index (χ3n) is 4.92. The highest BCUT2D eigenvalue weighted by Crippen LogP contribution is 2.50. The molecule has 0 amide bonds. The number of carbonyl (C=O) groups excluding carboxylic acids is 1. The standard InChI is InChI=1S/C17H17NO3/c1-20-16(19)17-7-6-15-12(13(17)9-21-10-17)8-11-4-2-3-5-14(11)18-15/h2-5,8,13H,6-7,9-10H2,1H3/t13-,17+/m1/s1. The van der Waals surface area contributed by atoms with Crippen molar-refractivity contribution in [3.8, 4) is 0 Å². The van der Waals surface area contributed by atoms with Crippen LogP contribution in [0, 0.1) is 5.41 Å². The van der Waals surface area contributed by atoms with Gasteiger partial charge in [-0.3, -0.25) is 9.78 Å². The van der Waals surface area contributed by atoms with Crippen molar-refractivity contribution >= 4 is 16.9 Å². The number of rotatable bonds is 1. The number of fused-ring (bicyclic) bond motifs is 4. The number of esters is 1. The molecule has 108 valence electrons. The van der Waals surface area contributed by atoms with E-state index in [2.05, 4.69) is 12.1 Å². The zero-order chi connectivity index (χ0) is 14.4. The average molecular weight is 283 g/mol. The number of para-hydroxylation sites is 1. The second-order valence-corrected chi connectivity index (χ2v) is 5.93. The highest BCUT2D eigenvalue weighted by molar-refractivity contribution is 5.82. The van der Waals surface area contributed by atoms with Crippen molar-refractivity contribution in [1.29, 1.82) is 0 Å². The van der Waals surface area contributed by atoms with Gasteiger partial charge in [0, 0.05) is 17.0 Å². The van der Waals surface area contributed by atoms with E-state index in [0.29, 0.717) is 13.2 Å². The molecule has 1 saturated heterocycles. The molecular weight excluding hydrogens is 266 g/mol. The lowest BCUT2D eigenvalue weighted by Crippen LogP contribution is -2.41. The molecule has 2 aromatic rings. The zero-order valence-electron chi connectivity index (χ0n) is 12.0. The number of carbonyl (C=O) groups is 1. The molecule has 1 fully saturated rings. The molecular formula is C17H17NO3. The number of methoxy groups -OCH3 is 1. The van der Waals surface area contributed by atoms with Crippen LogP contribution in [0.3, 0.4) is 0 Å². The van der Waals surface area contributed by atoms with Gasteiger partial charge in [-0.15, -0.1) is 0 Å². The zero-order valence-corrected chi connectivity index (χ0v) is 12.0. The van der Waals surface area contributed by atoms with Gasteiger partial charge in [0.25, 0.3) is 0 Å². The lowest BCUT2D eigenvalue weighted by Gasteiger charge is -2.36. The van der Waals surface area contributed by atoms with Crippen LogP contribution in [0.25, 0.3) is 10.9 Å². The summed E-state index contributed by atoms with van der Waals surface area (Å²) in [5.74, 6) is -0.0883. The summed E-state index contributed by atoms with van der Waals surface area (Å²) in [6, 6.07) is 10.3. The highest BCUT2D eigenvalue weighted by Gasteiger charge is 2.54. The van der Waals surface area contributed by atoms with E-state index in [1.807, 2.05) is 18.2 Å². The summed E-state index contributed by atoms with van der Waals surface area (Å²) in [6.07, 6.45) is 1.55. The Balaban J connectivity index is 1.88. The topological polar surface area (TPSA) is 48.4 Å². The monoisotopic (exact) mass is 283 g/mol. The van der Waals surface area contributed by atoms with E-state index in [-0.39, 0.29) is 11.9 Å². The molecule has 21 heavy (non-hydrogen) atoms. The van der Waals surface area contributed by atoms with Crippen LogP contribution in [0.2, 0.25) is 0 Å². The van der Waals surface area contributed by atoms with Crippen molar-refractivity contribution in [3.05, 3.63) is 41.6 Å². The molecule has 2 heterocycles. The van der Waals surface area contributed by atoms with E-state index in [1.54, 1.807) is 0 Å². The molecule has 2 aliphatic rings. The second kappa shape index (κ2) is 4.53. The molecule has 1 aromatic heterocycles. The Hall–Kier alpha value is -1.94. The van der Waals surface area contributed by atoms with E-state index in [1.165, 1.54) is 7.11 Å². The predicted octanol–water partition coefficient (Wildman–Crippen LogP) is 2.45. The Bertz CT molecular complexity index is 727. The average Bonchev–Trinajstić information content (AvgIpc) is 2.98. The summed E-state index contributed by atoms with van der Waals surface area (Å²) in [4.78, 5) is 17.1. The number of hydrogen-bond acceptors (Lipinski definition) is 4. The molecule has 4 rings (SSSR count). The minimum Gasteiger partial charge on any atom is -0.469 e. The quantitative estimate of drug-likeness (QED) is 0.754. The summed E-state index contributed by atoms with van der Waals surface area (Å²) >= 11 is 0. The molecule has 1 aliphatic carbocycles. The van der Waals surface area contributed by atoms with Crippen molar-refractivity contribution < 1.29 is 14.3 Å². The van der Waals surface area contributed by atoms with Crippen LogP contribution in [0.15, 0.2) is 30.3 Å². The molecule has 1 aromatic carbocycles. The van der Waals surface area contributed by atoms with E-state index < -0.39 is 5.41 Å². The normalized spacial score (nSPS) is 27.2. The van der Waals surface area contributed by atoms with Gasteiger partial charge in [-0.25, -0.2) is 0 Å². The van der Waals surface area contributed by atoms with Crippen LogP contribution in [0.5, 0.6) is 0 Å². The highest BCUT2D eigenvalue weighted by atomic mass is 16.5. The summed E-state index contributed by atoms with van der Waals surface area (Å²) in [5, 5.41) is 1.11. The van der Waals surface area contributed by atoms with Gasteiger partial charge < -0.3 is 9.47 Å². The van der Waals surface area contributed by atoms with Crippen molar-refractivity contribution in [2.45, 2.75) is 18.8 Å². The molecule has 0 spiro atoms. The maximum atomic E-state index is 12.3. The molecule has 2 atom stereocenters. The first kappa shape index (κ1) is 12.8. The first-order chi connectivity index (χ1) is 10.2. The summed E-state index contributed by atoms with van der Waals surface area (Å²) in [7, 11) is 1.46. The van der Waals surface area contributed by atoms with Gasteiger partial charge in [-0.1, -0.05) is 18.2 Å². The second-order valence-electron chi connectivity index (χ2n) is 5.93. The van der Waals surface area contributed by atoms with Crippen LogP contribution < -0.4 is 0 Å². The number of aromatic nitrogens is 1. The molecule has 0 bridgehead atoms. The molecule has 0 radical (unpaired) electrons. The maximum absolute atomic E-state index is 12.3. The number of hydrogen-bond donors (Lipinski definition) is 0. The largest absolute Gasteiger partial charge is 0.469 e. The summed E-state index contributed by atoms with van der Waals surface area (Å²) in [6.45, 7) is 1.03. The van der Waals surface area contributed by atoms with E-state index in [4.69, 9.17) is 14.5 Å². The van der Waals surface area contributed by atoms with Gasteiger partial charge in [0.15, 0.2) is 0 Å². The lowest BCUT2D eigenvalue weighted by molar-refractivity contribution is -0.154. The molecule has 0 unspecified atom stereocenters. The predicted molar refractivity (Wildman–Crippen MR) is 78.1 cm³/mol. The number of pyridine rings is 1. The van der Waals surface area contributed by atoms with E-state index in [0.717, 1.165) is 35.0 Å². The van der Waals surface area contributed by atoms with Crippen molar-refractivity contribution in [1.82, 2.24) is 4.98 Å². The van der Waals surface area contributed by atoms with Gasteiger partial charge in [-0.05, 0) is 30.5 Å². The Kier molecular flexibility index (Phi) is 2.76. The molecule has 4 nitrogen and oxygen atoms in total. The third kappa shape index (κ3) is 1.72. The summed E-state index contributed by atoms with van der Waals surface area (Å²) in [5.41, 5.74) is 2.75. The fraction of sp³-hybridized carbons (Fsp3) is 0.412. The van der Waals surface area contributed by atoms with Crippen molar-refractivity contribution in [2.75, 3.05) is 20.3 Å². The third-order valence-corrected chi connectivity index (χ3v) is 4.92. The maximum Gasteiger partial charge on any atom is 0.314 e. The van der Waals surface area contributed by atoms with E-state index in [9.17, 15) is 4.79 Å². The van der Waals surface area contributed by atoms with Crippen LogP contribution in [-0.2, 0) is 20.7 Å². The number of aryl methyl sites for hydroxylation is 1. The molecule has 0 saturated carbocycles. The molecule has 0 N–H and O–H groups in total. The SMILES string of the molecule is COC(=O)[C@]12CCc3nc4ccccc4cc3[C@H]1COC2. The Labute approximate surface area is 123 Å². The Morgan fingerprint density at radius 1 is 1.43 bits per heavy atom. The van der Waals surface area contributed by atoms with Crippen LogP contribution in [0.1, 0.15) is 23.6 Å². The lowest BCUT2D eigenvalue weighted by atomic mass is 9.66. The van der Waals surface area contributed by atoms with Gasteiger partial charge in [0.1, 0.15) is 5.41 Å². The Morgan fingerprint density at radius 3 is 3.14 bits per heavy atom. The fourth-order valence-electron chi connectivity index (χ4n) is 3.77.